The number of aromatic nitrogens is 3. The van der Waals surface area contributed by atoms with Gasteiger partial charge in [0.15, 0.2) is 5.82 Å². The Hall–Kier alpha value is -1.59. The third kappa shape index (κ3) is 4.42. The van der Waals surface area contributed by atoms with Crippen molar-refractivity contribution in [2.24, 2.45) is 13.0 Å². The molecule has 0 saturated carbocycles. The lowest BCUT2D eigenvalue weighted by Gasteiger charge is -2.14. The average molecular weight is 239 g/mol. The molecule has 0 aromatic carbocycles. The number of rotatable bonds is 5. The second-order valence-electron chi connectivity index (χ2n) is 4.60. The maximum atomic E-state index is 11.6. The highest BCUT2D eigenvalue weighted by Crippen LogP contribution is 2.06. The molecule has 0 bridgehead atoms. The van der Waals surface area contributed by atoms with Gasteiger partial charge in [-0.05, 0) is 19.3 Å². The van der Waals surface area contributed by atoms with Crippen LogP contribution < -0.4 is 10.6 Å². The number of nitrogens with zero attached hydrogens (tertiary/aromatic N) is 3. The number of aryl methyl sites for hydroxylation is 1. The van der Waals surface area contributed by atoms with Gasteiger partial charge in [0.1, 0.15) is 6.33 Å². The Morgan fingerprint density at radius 2 is 2.18 bits per heavy atom. The normalized spacial score (nSPS) is 12.5. The van der Waals surface area contributed by atoms with Crippen molar-refractivity contribution >= 4 is 6.03 Å². The van der Waals surface area contributed by atoms with Crippen LogP contribution in [-0.4, -0.2) is 27.3 Å². The number of nitrogens with one attached hydrogen (secondary N) is 2. The molecule has 17 heavy (non-hydrogen) atoms. The predicted octanol–water partition coefficient (Wildman–Crippen LogP) is 1.22. The van der Waals surface area contributed by atoms with Crippen molar-refractivity contribution in [1.29, 1.82) is 0 Å². The van der Waals surface area contributed by atoms with Gasteiger partial charge in [-0.25, -0.2) is 4.79 Å². The minimum Gasteiger partial charge on any atom is -0.338 e. The van der Waals surface area contributed by atoms with Crippen LogP contribution >= 0.6 is 0 Å². The fourth-order valence-corrected chi connectivity index (χ4v) is 1.47. The van der Waals surface area contributed by atoms with E-state index in [-0.39, 0.29) is 12.1 Å². The van der Waals surface area contributed by atoms with Gasteiger partial charge in [0.25, 0.3) is 0 Å². The maximum Gasteiger partial charge on any atom is 0.315 e. The van der Waals surface area contributed by atoms with Crippen molar-refractivity contribution in [1.82, 2.24) is 25.4 Å². The zero-order valence-corrected chi connectivity index (χ0v) is 10.9. The summed E-state index contributed by atoms with van der Waals surface area (Å²) in [6.07, 6.45) is 2.59. The largest absolute Gasteiger partial charge is 0.338 e. The van der Waals surface area contributed by atoms with Gasteiger partial charge in [0, 0.05) is 13.6 Å². The molecule has 0 spiro atoms. The average Bonchev–Trinajstić information content (AvgIpc) is 2.63. The molecule has 6 heteroatoms. The number of carbonyl (C=O) groups excluding carboxylic acids is 1. The molecule has 0 aliphatic rings. The monoisotopic (exact) mass is 239 g/mol. The molecule has 0 unspecified atom stereocenters. The van der Waals surface area contributed by atoms with E-state index in [0.717, 1.165) is 12.2 Å². The van der Waals surface area contributed by atoms with Crippen LogP contribution in [0.3, 0.4) is 0 Å². The van der Waals surface area contributed by atoms with Crippen molar-refractivity contribution in [3.63, 3.8) is 0 Å². The van der Waals surface area contributed by atoms with E-state index >= 15 is 0 Å². The third-order valence-corrected chi connectivity index (χ3v) is 2.49. The Balaban J connectivity index is 2.34. The lowest BCUT2D eigenvalue weighted by atomic mass is 10.1. The van der Waals surface area contributed by atoms with Crippen LogP contribution in [0.2, 0.25) is 0 Å². The van der Waals surface area contributed by atoms with Crippen LogP contribution in [0.5, 0.6) is 0 Å². The van der Waals surface area contributed by atoms with Gasteiger partial charge in [0.2, 0.25) is 0 Å². The summed E-state index contributed by atoms with van der Waals surface area (Å²) >= 11 is 0. The van der Waals surface area contributed by atoms with E-state index in [0.29, 0.717) is 12.5 Å². The van der Waals surface area contributed by atoms with E-state index in [4.69, 9.17) is 0 Å². The summed E-state index contributed by atoms with van der Waals surface area (Å²) in [6, 6.07) is -0.317. The van der Waals surface area contributed by atoms with Gasteiger partial charge in [-0.1, -0.05) is 13.8 Å². The van der Waals surface area contributed by atoms with Gasteiger partial charge in [-0.2, -0.15) is 0 Å². The molecule has 96 valence electrons. The molecule has 2 N–H and O–H groups in total. The Morgan fingerprint density at radius 3 is 2.71 bits per heavy atom. The Bertz CT molecular complexity index is 360. The molecule has 1 atom stereocenters. The fourth-order valence-electron chi connectivity index (χ4n) is 1.47. The first-order valence-electron chi connectivity index (χ1n) is 5.89. The van der Waals surface area contributed by atoms with Gasteiger partial charge in [-0.3, -0.25) is 0 Å². The SMILES string of the molecule is CC(C)CCNC(=O)N[C@H](C)c1nncn1C. The van der Waals surface area contributed by atoms with E-state index in [1.807, 2.05) is 14.0 Å². The summed E-state index contributed by atoms with van der Waals surface area (Å²) in [7, 11) is 1.85. The lowest BCUT2D eigenvalue weighted by Crippen LogP contribution is -2.38. The van der Waals surface area contributed by atoms with Crippen molar-refractivity contribution < 1.29 is 4.79 Å². The second kappa shape index (κ2) is 6.22. The standard InChI is InChI=1S/C11H21N5O/c1-8(2)5-6-12-11(17)14-9(3)10-15-13-7-16(10)4/h7-9H,5-6H2,1-4H3,(H2,12,14,17)/t9-/m1/s1. The van der Waals surface area contributed by atoms with Crippen LogP contribution in [0, 0.1) is 5.92 Å². The molecule has 1 aromatic rings. The number of hydrogen-bond acceptors (Lipinski definition) is 3. The van der Waals surface area contributed by atoms with E-state index in [1.165, 1.54) is 0 Å². The highest BCUT2D eigenvalue weighted by Gasteiger charge is 2.13. The van der Waals surface area contributed by atoms with Crippen molar-refractivity contribution in [3.8, 4) is 0 Å². The Kier molecular flexibility index (Phi) is 4.93. The molecular weight excluding hydrogens is 218 g/mol. The summed E-state index contributed by atoms with van der Waals surface area (Å²) < 4.78 is 1.79. The van der Waals surface area contributed by atoms with Crippen LogP contribution in [0.15, 0.2) is 6.33 Å². The van der Waals surface area contributed by atoms with Gasteiger partial charge >= 0.3 is 6.03 Å². The quantitative estimate of drug-likeness (QED) is 0.811. The Labute approximate surface area is 102 Å². The Morgan fingerprint density at radius 1 is 1.47 bits per heavy atom. The molecule has 1 heterocycles. The smallest absolute Gasteiger partial charge is 0.315 e. The van der Waals surface area contributed by atoms with E-state index < -0.39 is 0 Å². The zero-order chi connectivity index (χ0) is 12.8. The third-order valence-electron chi connectivity index (χ3n) is 2.49. The van der Waals surface area contributed by atoms with Gasteiger partial charge < -0.3 is 15.2 Å². The van der Waals surface area contributed by atoms with Crippen LogP contribution in [0.25, 0.3) is 0 Å². The minimum absolute atomic E-state index is 0.151. The highest BCUT2D eigenvalue weighted by molar-refractivity contribution is 5.74. The molecule has 0 aliphatic carbocycles. The summed E-state index contributed by atoms with van der Waals surface area (Å²) in [5, 5.41) is 13.4. The first-order chi connectivity index (χ1) is 8.00. The van der Waals surface area contributed by atoms with Crippen molar-refractivity contribution in [3.05, 3.63) is 12.2 Å². The summed E-state index contributed by atoms with van der Waals surface area (Å²) in [4.78, 5) is 11.6. The maximum absolute atomic E-state index is 11.6. The van der Waals surface area contributed by atoms with Crippen LogP contribution in [0.4, 0.5) is 4.79 Å². The first kappa shape index (κ1) is 13.5. The van der Waals surface area contributed by atoms with Crippen molar-refractivity contribution in [2.75, 3.05) is 6.54 Å². The molecule has 6 nitrogen and oxygen atoms in total. The predicted molar refractivity (Wildman–Crippen MR) is 65.4 cm³/mol. The number of carbonyl (C=O) groups is 1. The topological polar surface area (TPSA) is 71.8 Å². The van der Waals surface area contributed by atoms with E-state index in [9.17, 15) is 4.79 Å². The molecule has 2 amide bonds. The number of amides is 2. The molecule has 0 radical (unpaired) electrons. The first-order valence-corrected chi connectivity index (χ1v) is 5.89. The zero-order valence-electron chi connectivity index (χ0n) is 10.9. The number of urea groups is 1. The summed E-state index contributed by atoms with van der Waals surface area (Å²) in [5.41, 5.74) is 0. The summed E-state index contributed by atoms with van der Waals surface area (Å²) in [6.45, 7) is 6.82. The number of hydrogen-bond donors (Lipinski definition) is 2. The van der Waals surface area contributed by atoms with Gasteiger partial charge in [0.05, 0.1) is 6.04 Å². The van der Waals surface area contributed by atoms with E-state index in [2.05, 4.69) is 34.7 Å². The van der Waals surface area contributed by atoms with Gasteiger partial charge in [-0.15, -0.1) is 10.2 Å². The molecule has 0 saturated heterocycles. The lowest BCUT2D eigenvalue weighted by molar-refractivity contribution is 0.236. The molecule has 0 aliphatic heterocycles. The highest BCUT2D eigenvalue weighted by atomic mass is 16.2. The van der Waals surface area contributed by atoms with Crippen LogP contribution in [0.1, 0.15) is 39.1 Å². The molecule has 1 aromatic heterocycles. The second-order valence-corrected chi connectivity index (χ2v) is 4.60. The molecule has 1 rings (SSSR count). The van der Waals surface area contributed by atoms with E-state index in [1.54, 1.807) is 10.9 Å². The van der Waals surface area contributed by atoms with Crippen molar-refractivity contribution in [2.45, 2.75) is 33.2 Å². The van der Waals surface area contributed by atoms with Crippen LogP contribution in [-0.2, 0) is 7.05 Å². The minimum atomic E-state index is -0.166. The molecular formula is C11H21N5O. The molecule has 0 fully saturated rings. The fraction of sp³-hybridized carbons (Fsp3) is 0.727. The summed E-state index contributed by atoms with van der Waals surface area (Å²) in [5.74, 6) is 1.33.